The van der Waals surface area contributed by atoms with Crippen LogP contribution in [-0.2, 0) is 6.42 Å². The molecule has 0 radical (unpaired) electrons. The van der Waals surface area contributed by atoms with Gasteiger partial charge in [0.2, 0.25) is 0 Å². The van der Waals surface area contributed by atoms with Crippen LogP contribution in [0.3, 0.4) is 0 Å². The zero-order valence-corrected chi connectivity index (χ0v) is 6.46. The van der Waals surface area contributed by atoms with Gasteiger partial charge in [-0.2, -0.15) is 0 Å². The summed E-state index contributed by atoms with van der Waals surface area (Å²) in [4.78, 5) is 3.58. The lowest BCUT2D eigenvalue weighted by Crippen LogP contribution is -2.00. The number of halogens is 2. The van der Waals surface area contributed by atoms with E-state index in [1.807, 2.05) is 0 Å². The topological polar surface area (TPSA) is 52.0 Å². The van der Waals surface area contributed by atoms with E-state index in [2.05, 4.69) is 4.98 Å². The van der Waals surface area contributed by atoms with Crippen LogP contribution in [0.4, 0.5) is 8.78 Å². The minimum Gasteiger partial charge on any atom is -0.448 e. The van der Waals surface area contributed by atoms with Crippen LogP contribution in [0.5, 0.6) is 0 Å². The van der Waals surface area contributed by atoms with E-state index in [0.717, 1.165) is 6.26 Å². The van der Waals surface area contributed by atoms with E-state index in [4.69, 9.17) is 10.2 Å². The van der Waals surface area contributed by atoms with Crippen molar-refractivity contribution >= 4 is 0 Å². The molecule has 0 saturated carbocycles. The molecule has 5 heteroatoms. The maximum Gasteiger partial charge on any atom is 0.283 e. The standard InChI is InChI=1S/C7H10F2N2O/c8-7(9)5-4-12-6(11-5)2-1-3-10/h4,7H,1-3,10H2. The van der Waals surface area contributed by atoms with Crippen molar-refractivity contribution < 1.29 is 13.2 Å². The number of hydrogen-bond donors (Lipinski definition) is 1. The quantitative estimate of drug-likeness (QED) is 0.756. The van der Waals surface area contributed by atoms with Crippen LogP contribution in [0.1, 0.15) is 24.4 Å². The number of aryl methyl sites for hydroxylation is 1. The smallest absolute Gasteiger partial charge is 0.283 e. The number of oxazole rings is 1. The summed E-state index contributed by atoms with van der Waals surface area (Å²) in [6.45, 7) is 0.506. The van der Waals surface area contributed by atoms with Gasteiger partial charge in [-0.15, -0.1) is 0 Å². The Morgan fingerprint density at radius 3 is 2.83 bits per heavy atom. The van der Waals surface area contributed by atoms with Crippen molar-refractivity contribution in [3.8, 4) is 0 Å². The molecule has 1 aromatic heterocycles. The van der Waals surface area contributed by atoms with Crippen molar-refractivity contribution in [2.75, 3.05) is 6.54 Å². The number of nitrogens with two attached hydrogens (primary N) is 1. The number of nitrogens with zero attached hydrogens (tertiary/aromatic N) is 1. The molecule has 0 spiro atoms. The largest absolute Gasteiger partial charge is 0.448 e. The number of rotatable bonds is 4. The van der Waals surface area contributed by atoms with Crippen LogP contribution in [-0.4, -0.2) is 11.5 Å². The van der Waals surface area contributed by atoms with Crippen LogP contribution in [0.15, 0.2) is 10.7 Å². The highest BCUT2D eigenvalue weighted by Gasteiger charge is 2.12. The third kappa shape index (κ3) is 2.27. The van der Waals surface area contributed by atoms with E-state index in [0.29, 0.717) is 25.3 Å². The van der Waals surface area contributed by atoms with E-state index in [-0.39, 0.29) is 5.69 Å². The van der Waals surface area contributed by atoms with Crippen LogP contribution < -0.4 is 5.73 Å². The van der Waals surface area contributed by atoms with Gasteiger partial charge in [-0.25, -0.2) is 13.8 Å². The molecule has 68 valence electrons. The SMILES string of the molecule is NCCCc1nc(C(F)F)co1. The first kappa shape index (κ1) is 9.12. The summed E-state index contributed by atoms with van der Waals surface area (Å²) in [5, 5.41) is 0. The lowest BCUT2D eigenvalue weighted by molar-refractivity contribution is 0.146. The van der Waals surface area contributed by atoms with Crippen molar-refractivity contribution in [1.29, 1.82) is 0 Å². The molecule has 0 atom stereocenters. The molecule has 3 nitrogen and oxygen atoms in total. The summed E-state index contributed by atoms with van der Waals surface area (Å²) in [7, 11) is 0. The predicted octanol–water partition coefficient (Wildman–Crippen LogP) is 1.50. The highest BCUT2D eigenvalue weighted by molar-refractivity contribution is 4.97. The van der Waals surface area contributed by atoms with Gasteiger partial charge in [0.1, 0.15) is 12.0 Å². The lowest BCUT2D eigenvalue weighted by atomic mass is 10.3. The highest BCUT2D eigenvalue weighted by atomic mass is 19.3. The first-order chi connectivity index (χ1) is 5.74. The lowest BCUT2D eigenvalue weighted by Gasteiger charge is -1.90. The van der Waals surface area contributed by atoms with Crippen molar-refractivity contribution in [2.45, 2.75) is 19.3 Å². The molecule has 0 aromatic carbocycles. The molecule has 12 heavy (non-hydrogen) atoms. The number of aromatic nitrogens is 1. The molecule has 2 N–H and O–H groups in total. The van der Waals surface area contributed by atoms with Gasteiger partial charge in [0.15, 0.2) is 5.89 Å². The molecule has 0 unspecified atom stereocenters. The summed E-state index contributed by atoms with van der Waals surface area (Å²) in [6, 6.07) is 0. The zero-order valence-electron chi connectivity index (χ0n) is 6.46. The molecule has 0 aliphatic carbocycles. The molecular formula is C7H10F2N2O. The van der Waals surface area contributed by atoms with E-state index >= 15 is 0 Å². The Hall–Kier alpha value is -0.970. The second kappa shape index (κ2) is 4.15. The minimum absolute atomic E-state index is 0.304. The van der Waals surface area contributed by atoms with Crippen LogP contribution in [0.25, 0.3) is 0 Å². The molecule has 1 heterocycles. The monoisotopic (exact) mass is 176 g/mol. The van der Waals surface area contributed by atoms with Gasteiger partial charge in [0.25, 0.3) is 6.43 Å². The molecule has 1 rings (SSSR count). The Balaban J connectivity index is 2.52. The van der Waals surface area contributed by atoms with Gasteiger partial charge in [0, 0.05) is 6.42 Å². The fourth-order valence-electron chi connectivity index (χ4n) is 0.793. The Bertz CT molecular complexity index is 237. The normalized spacial score (nSPS) is 11.0. The predicted molar refractivity (Wildman–Crippen MR) is 38.8 cm³/mol. The van der Waals surface area contributed by atoms with Gasteiger partial charge < -0.3 is 10.2 Å². The molecule has 1 aromatic rings. The third-order valence-corrected chi connectivity index (χ3v) is 1.39. The van der Waals surface area contributed by atoms with Gasteiger partial charge in [-0.1, -0.05) is 0 Å². The molecule has 0 aliphatic heterocycles. The van der Waals surface area contributed by atoms with Gasteiger partial charge >= 0.3 is 0 Å². The van der Waals surface area contributed by atoms with Crippen molar-refractivity contribution in [1.82, 2.24) is 4.98 Å². The number of alkyl halides is 2. The molecule has 0 bridgehead atoms. The second-order valence-electron chi connectivity index (χ2n) is 2.36. The highest BCUT2D eigenvalue weighted by Crippen LogP contribution is 2.17. The Labute approximate surface area is 68.6 Å². The zero-order chi connectivity index (χ0) is 8.97. The van der Waals surface area contributed by atoms with E-state index in [9.17, 15) is 8.78 Å². The summed E-state index contributed by atoms with van der Waals surface area (Å²) in [5.74, 6) is 0.329. The van der Waals surface area contributed by atoms with E-state index in [1.165, 1.54) is 0 Å². The van der Waals surface area contributed by atoms with Crippen LogP contribution >= 0.6 is 0 Å². The van der Waals surface area contributed by atoms with Gasteiger partial charge in [0.05, 0.1) is 0 Å². The van der Waals surface area contributed by atoms with Gasteiger partial charge in [-0.3, -0.25) is 0 Å². The average Bonchev–Trinajstić information content (AvgIpc) is 2.48. The van der Waals surface area contributed by atoms with Gasteiger partial charge in [-0.05, 0) is 13.0 Å². The Morgan fingerprint density at radius 2 is 2.33 bits per heavy atom. The second-order valence-corrected chi connectivity index (χ2v) is 2.36. The summed E-state index contributed by atoms with van der Waals surface area (Å²) in [6.07, 6.45) is -0.358. The third-order valence-electron chi connectivity index (χ3n) is 1.39. The first-order valence-corrected chi connectivity index (χ1v) is 3.66. The Kier molecular flexibility index (Phi) is 3.16. The summed E-state index contributed by atoms with van der Waals surface area (Å²) in [5.41, 5.74) is 4.92. The molecule has 0 aliphatic rings. The summed E-state index contributed by atoms with van der Waals surface area (Å²) >= 11 is 0. The Morgan fingerprint density at radius 1 is 1.58 bits per heavy atom. The van der Waals surface area contributed by atoms with Crippen LogP contribution in [0.2, 0.25) is 0 Å². The maximum absolute atomic E-state index is 12.0. The van der Waals surface area contributed by atoms with Crippen molar-refractivity contribution in [3.63, 3.8) is 0 Å². The molecule has 0 fully saturated rings. The first-order valence-electron chi connectivity index (χ1n) is 3.66. The number of hydrogen-bond acceptors (Lipinski definition) is 3. The molecule has 0 saturated heterocycles. The average molecular weight is 176 g/mol. The molecular weight excluding hydrogens is 166 g/mol. The van der Waals surface area contributed by atoms with E-state index in [1.54, 1.807) is 0 Å². The fourth-order valence-corrected chi connectivity index (χ4v) is 0.793. The maximum atomic E-state index is 12.0. The van der Waals surface area contributed by atoms with Crippen LogP contribution in [0, 0.1) is 0 Å². The van der Waals surface area contributed by atoms with E-state index < -0.39 is 6.43 Å². The van der Waals surface area contributed by atoms with Crippen molar-refractivity contribution in [2.24, 2.45) is 5.73 Å². The van der Waals surface area contributed by atoms with Crippen molar-refractivity contribution in [3.05, 3.63) is 17.8 Å². The fraction of sp³-hybridized carbons (Fsp3) is 0.571. The molecule has 0 amide bonds. The minimum atomic E-state index is -2.56. The summed E-state index contributed by atoms with van der Waals surface area (Å²) < 4.78 is 28.7.